The van der Waals surface area contributed by atoms with E-state index < -0.39 is 0 Å². The monoisotopic (exact) mass is 275 g/mol. The Labute approximate surface area is 119 Å². The zero-order chi connectivity index (χ0) is 14.5. The van der Waals surface area contributed by atoms with Crippen LogP contribution in [0.4, 0.5) is 4.39 Å². The van der Waals surface area contributed by atoms with Crippen LogP contribution < -0.4 is 5.32 Å². The molecule has 108 valence electrons. The summed E-state index contributed by atoms with van der Waals surface area (Å²) in [6.45, 7) is 5.10. The van der Waals surface area contributed by atoms with E-state index >= 15 is 0 Å². The van der Waals surface area contributed by atoms with Gasteiger partial charge in [0.1, 0.15) is 5.82 Å². The van der Waals surface area contributed by atoms with Gasteiger partial charge in [0, 0.05) is 13.2 Å². The fourth-order valence-corrected chi connectivity index (χ4v) is 2.38. The number of aromatic nitrogens is 2. The van der Waals surface area contributed by atoms with Crippen molar-refractivity contribution in [1.29, 1.82) is 0 Å². The number of benzene rings is 1. The first-order valence-corrected chi connectivity index (χ1v) is 7.06. The number of nitrogens with zero attached hydrogens (tertiary/aromatic N) is 2. The molecule has 3 nitrogen and oxygen atoms in total. The van der Waals surface area contributed by atoms with E-state index in [4.69, 9.17) is 0 Å². The van der Waals surface area contributed by atoms with Gasteiger partial charge in [-0.25, -0.2) is 9.37 Å². The van der Waals surface area contributed by atoms with Gasteiger partial charge >= 0.3 is 0 Å². The summed E-state index contributed by atoms with van der Waals surface area (Å²) in [6, 6.07) is 5.14. The molecule has 0 spiro atoms. The number of hydrogen-bond acceptors (Lipinski definition) is 2. The number of aryl methyl sites for hydroxylation is 2. The molecule has 1 N–H and O–H groups in total. The Morgan fingerprint density at radius 2 is 2.20 bits per heavy atom. The standard InChI is InChI=1S/C16H22FN3/c1-4-7-19-15(16-10-18-11-20(16)3)9-13-8-14(17)6-5-12(13)2/h5-6,8,10-11,15,19H,4,7,9H2,1-3H3. The van der Waals surface area contributed by atoms with Gasteiger partial charge in [0.15, 0.2) is 0 Å². The average molecular weight is 275 g/mol. The first kappa shape index (κ1) is 14.7. The maximum atomic E-state index is 13.4. The SMILES string of the molecule is CCCNC(Cc1cc(F)ccc1C)c1cncn1C. The summed E-state index contributed by atoms with van der Waals surface area (Å²) < 4.78 is 15.4. The van der Waals surface area contributed by atoms with Crippen molar-refractivity contribution in [2.45, 2.75) is 32.7 Å². The highest BCUT2D eigenvalue weighted by Crippen LogP contribution is 2.21. The molecule has 2 aromatic rings. The van der Waals surface area contributed by atoms with Crippen molar-refractivity contribution in [3.8, 4) is 0 Å². The second kappa shape index (κ2) is 6.66. The molecular weight excluding hydrogens is 253 g/mol. The highest BCUT2D eigenvalue weighted by atomic mass is 19.1. The van der Waals surface area contributed by atoms with E-state index in [0.29, 0.717) is 0 Å². The zero-order valence-electron chi connectivity index (χ0n) is 12.4. The Hall–Kier alpha value is -1.68. The van der Waals surface area contributed by atoms with Crippen molar-refractivity contribution >= 4 is 0 Å². The van der Waals surface area contributed by atoms with Gasteiger partial charge in [-0.15, -0.1) is 0 Å². The molecule has 1 aromatic carbocycles. The van der Waals surface area contributed by atoms with Crippen LogP contribution in [0.1, 0.15) is 36.2 Å². The van der Waals surface area contributed by atoms with Crippen LogP contribution >= 0.6 is 0 Å². The highest BCUT2D eigenvalue weighted by Gasteiger charge is 2.16. The molecule has 0 saturated heterocycles. The Kier molecular flexibility index (Phi) is 4.90. The molecule has 0 radical (unpaired) electrons. The van der Waals surface area contributed by atoms with E-state index in [2.05, 4.69) is 17.2 Å². The lowest BCUT2D eigenvalue weighted by Crippen LogP contribution is -2.26. The van der Waals surface area contributed by atoms with Crippen LogP contribution in [-0.4, -0.2) is 16.1 Å². The summed E-state index contributed by atoms with van der Waals surface area (Å²) in [5, 5.41) is 3.52. The number of hydrogen-bond donors (Lipinski definition) is 1. The largest absolute Gasteiger partial charge is 0.336 e. The smallest absolute Gasteiger partial charge is 0.123 e. The van der Waals surface area contributed by atoms with Crippen molar-refractivity contribution in [3.63, 3.8) is 0 Å². The van der Waals surface area contributed by atoms with Gasteiger partial charge < -0.3 is 9.88 Å². The van der Waals surface area contributed by atoms with Crippen LogP contribution in [0.3, 0.4) is 0 Å². The molecule has 4 heteroatoms. The molecule has 1 atom stereocenters. The Bertz CT molecular complexity index is 563. The quantitative estimate of drug-likeness (QED) is 0.877. The van der Waals surface area contributed by atoms with Crippen LogP contribution in [0.15, 0.2) is 30.7 Å². The molecule has 0 aliphatic carbocycles. The molecule has 0 fully saturated rings. The number of nitrogens with one attached hydrogen (secondary N) is 1. The molecule has 1 heterocycles. The molecule has 0 bridgehead atoms. The number of halogens is 1. The first-order valence-electron chi connectivity index (χ1n) is 7.06. The third-order valence-corrected chi connectivity index (χ3v) is 3.59. The summed E-state index contributed by atoms with van der Waals surface area (Å²) in [5.41, 5.74) is 3.29. The van der Waals surface area contributed by atoms with Gasteiger partial charge in [-0.1, -0.05) is 13.0 Å². The fraction of sp³-hybridized carbons (Fsp3) is 0.438. The minimum Gasteiger partial charge on any atom is -0.336 e. The lowest BCUT2D eigenvalue weighted by Gasteiger charge is -2.20. The Balaban J connectivity index is 2.23. The van der Waals surface area contributed by atoms with Gasteiger partial charge in [0.25, 0.3) is 0 Å². The summed E-state index contributed by atoms with van der Waals surface area (Å²) in [4.78, 5) is 4.18. The van der Waals surface area contributed by atoms with Crippen LogP contribution in [0, 0.1) is 12.7 Å². The van der Waals surface area contributed by atoms with Gasteiger partial charge in [0.2, 0.25) is 0 Å². The molecule has 0 aliphatic heterocycles. The van der Waals surface area contributed by atoms with Crippen LogP contribution in [0.2, 0.25) is 0 Å². The summed E-state index contributed by atoms with van der Waals surface area (Å²) in [6.07, 6.45) is 5.51. The molecule has 0 aliphatic rings. The molecule has 20 heavy (non-hydrogen) atoms. The topological polar surface area (TPSA) is 29.9 Å². The third-order valence-electron chi connectivity index (χ3n) is 3.59. The first-order chi connectivity index (χ1) is 9.61. The van der Waals surface area contributed by atoms with Gasteiger partial charge in [-0.2, -0.15) is 0 Å². The second-order valence-electron chi connectivity index (χ2n) is 5.21. The Morgan fingerprint density at radius 1 is 1.40 bits per heavy atom. The molecule has 2 rings (SSSR count). The minimum absolute atomic E-state index is 0.156. The summed E-state index contributed by atoms with van der Waals surface area (Å²) in [7, 11) is 1.99. The van der Waals surface area contributed by atoms with Crippen LogP contribution in [0.25, 0.3) is 0 Å². The van der Waals surface area contributed by atoms with E-state index in [1.807, 2.05) is 30.8 Å². The number of rotatable bonds is 6. The van der Waals surface area contributed by atoms with Crippen LogP contribution in [-0.2, 0) is 13.5 Å². The summed E-state index contributed by atoms with van der Waals surface area (Å²) >= 11 is 0. The third kappa shape index (κ3) is 3.45. The molecule has 0 saturated carbocycles. The lowest BCUT2D eigenvalue weighted by molar-refractivity contribution is 0.502. The van der Waals surface area contributed by atoms with Crippen molar-refractivity contribution < 1.29 is 4.39 Å². The molecular formula is C16H22FN3. The van der Waals surface area contributed by atoms with Crippen molar-refractivity contribution in [3.05, 3.63) is 53.4 Å². The van der Waals surface area contributed by atoms with E-state index in [-0.39, 0.29) is 11.9 Å². The molecule has 1 aromatic heterocycles. The maximum absolute atomic E-state index is 13.4. The van der Waals surface area contributed by atoms with Gasteiger partial charge in [-0.3, -0.25) is 0 Å². The predicted molar refractivity (Wildman–Crippen MR) is 79.1 cm³/mol. The molecule has 0 amide bonds. The van der Waals surface area contributed by atoms with Crippen molar-refractivity contribution in [2.24, 2.45) is 7.05 Å². The highest BCUT2D eigenvalue weighted by molar-refractivity contribution is 5.28. The van der Waals surface area contributed by atoms with E-state index in [1.165, 1.54) is 6.07 Å². The van der Waals surface area contributed by atoms with Crippen LogP contribution in [0.5, 0.6) is 0 Å². The van der Waals surface area contributed by atoms with E-state index in [1.54, 1.807) is 12.4 Å². The Morgan fingerprint density at radius 3 is 2.85 bits per heavy atom. The second-order valence-corrected chi connectivity index (χ2v) is 5.21. The number of imidazole rings is 1. The minimum atomic E-state index is -0.176. The predicted octanol–water partition coefficient (Wildman–Crippen LogP) is 3.15. The zero-order valence-corrected chi connectivity index (χ0v) is 12.4. The van der Waals surface area contributed by atoms with E-state index in [0.717, 1.165) is 36.2 Å². The fourth-order valence-electron chi connectivity index (χ4n) is 2.38. The normalized spacial score (nSPS) is 12.6. The van der Waals surface area contributed by atoms with Crippen molar-refractivity contribution in [1.82, 2.24) is 14.9 Å². The maximum Gasteiger partial charge on any atom is 0.123 e. The lowest BCUT2D eigenvalue weighted by atomic mass is 9.99. The summed E-state index contributed by atoms with van der Waals surface area (Å²) in [5.74, 6) is -0.176. The van der Waals surface area contributed by atoms with Gasteiger partial charge in [-0.05, 0) is 49.6 Å². The van der Waals surface area contributed by atoms with E-state index in [9.17, 15) is 4.39 Å². The molecule has 1 unspecified atom stereocenters. The van der Waals surface area contributed by atoms with Crippen molar-refractivity contribution in [2.75, 3.05) is 6.54 Å². The van der Waals surface area contributed by atoms with Gasteiger partial charge in [0.05, 0.1) is 18.1 Å². The average Bonchev–Trinajstić information content (AvgIpc) is 2.84.